The van der Waals surface area contributed by atoms with Crippen LogP contribution >= 0.6 is 0 Å². The first-order valence-electron chi connectivity index (χ1n) is 10.6. The number of piperidine rings is 1. The number of carbonyl (C=O) groups is 2. The molecule has 0 spiro atoms. The molecule has 6 nitrogen and oxygen atoms in total. The summed E-state index contributed by atoms with van der Waals surface area (Å²) >= 11 is 0. The van der Waals surface area contributed by atoms with Crippen molar-refractivity contribution in [3.8, 4) is 0 Å². The number of nitrogens with zero attached hydrogens (tertiary/aromatic N) is 3. The maximum Gasteiger partial charge on any atom is 0.222 e. The highest BCUT2D eigenvalue weighted by molar-refractivity contribution is 5.77. The Kier molecular flexibility index (Phi) is 7.30. The first-order valence-corrected chi connectivity index (χ1v) is 10.6. The number of aryl methyl sites for hydroxylation is 1. The Bertz CT molecular complexity index is 613. The van der Waals surface area contributed by atoms with Gasteiger partial charge in [0.25, 0.3) is 0 Å². The number of rotatable bonds is 7. The minimum absolute atomic E-state index is 0.117. The SMILES string of the molecule is Cc1ccnn1CCNC(=O)CC1CCN(C(=O)CC2CCCCC2)CC1. The molecule has 2 aliphatic rings. The van der Waals surface area contributed by atoms with Crippen molar-refractivity contribution >= 4 is 11.8 Å². The monoisotopic (exact) mass is 374 g/mol. The van der Waals surface area contributed by atoms with Crippen LogP contribution in [0.4, 0.5) is 0 Å². The minimum atomic E-state index is 0.117. The lowest BCUT2D eigenvalue weighted by atomic mass is 9.86. The van der Waals surface area contributed by atoms with Gasteiger partial charge in [0.05, 0.1) is 6.54 Å². The molecule has 1 N–H and O–H groups in total. The number of likely N-dealkylation sites (tertiary alicyclic amines) is 1. The molecule has 0 unspecified atom stereocenters. The Balaban J connectivity index is 1.31. The van der Waals surface area contributed by atoms with Crippen LogP contribution in [0.15, 0.2) is 12.3 Å². The van der Waals surface area contributed by atoms with Gasteiger partial charge in [-0.2, -0.15) is 5.10 Å². The number of carbonyl (C=O) groups excluding carboxylic acids is 2. The maximum absolute atomic E-state index is 12.5. The number of amides is 2. The van der Waals surface area contributed by atoms with Crippen molar-refractivity contribution in [2.24, 2.45) is 11.8 Å². The van der Waals surface area contributed by atoms with Crippen LogP contribution in [-0.4, -0.2) is 46.1 Å². The average molecular weight is 375 g/mol. The summed E-state index contributed by atoms with van der Waals surface area (Å²) in [4.78, 5) is 26.7. The molecule has 0 aromatic carbocycles. The highest BCUT2D eigenvalue weighted by Gasteiger charge is 2.26. The van der Waals surface area contributed by atoms with E-state index in [-0.39, 0.29) is 5.91 Å². The third-order valence-corrected chi connectivity index (χ3v) is 6.20. The zero-order valence-electron chi connectivity index (χ0n) is 16.7. The van der Waals surface area contributed by atoms with Crippen molar-refractivity contribution in [1.82, 2.24) is 20.0 Å². The smallest absolute Gasteiger partial charge is 0.222 e. The molecule has 1 saturated heterocycles. The van der Waals surface area contributed by atoms with E-state index in [4.69, 9.17) is 0 Å². The fraction of sp³-hybridized carbons (Fsp3) is 0.762. The van der Waals surface area contributed by atoms with Gasteiger partial charge in [0.2, 0.25) is 11.8 Å². The second-order valence-electron chi connectivity index (χ2n) is 8.28. The van der Waals surface area contributed by atoms with Gasteiger partial charge in [0.15, 0.2) is 0 Å². The van der Waals surface area contributed by atoms with E-state index >= 15 is 0 Å². The van der Waals surface area contributed by atoms with E-state index in [0.717, 1.165) is 38.0 Å². The summed E-state index contributed by atoms with van der Waals surface area (Å²) in [6, 6.07) is 1.96. The molecule has 0 atom stereocenters. The summed E-state index contributed by atoms with van der Waals surface area (Å²) in [5.74, 6) is 1.45. The van der Waals surface area contributed by atoms with Crippen molar-refractivity contribution in [3.05, 3.63) is 18.0 Å². The number of nitrogens with one attached hydrogen (secondary N) is 1. The fourth-order valence-corrected chi connectivity index (χ4v) is 4.42. The lowest BCUT2D eigenvalue weighted by Crippen LogP contribution is -2.40. The van der Waals surface area contributed by atoms with Gasteiger partial charge in [0, 0.05) is 44.4 Å². The Morgan fingerprint density at radius 2 is 1.78 bits per heavy atom. The first-order chi connectivity index (χ1) is 13.1. The molecular formula is C21H34N4O2. The van der Waals surface area contributed by atoms with Crippen LogP contribution in [0.1, 0.15) is 63.5 Å². The van der Waals surface area contributed by atoms with Crippen LogP contribution in [0.2, 0.25) is 0 Å². The molecule has 2 fully saturated rings. The number of hydrogen-bond acceptors (Lipinski definition) is 3. The molecule has 27 heavy (non-hydrogen) atoms. The van der Waals surface area contributed by atoms with Crippen molar-refractivity contribution < 1.29 is 9.59 Å². The predicted molar refractivity (Wildman–Crippen MR) is 105 cm³/mol. The standard InChI is InChI=1S/C21H34N4O2/c1-17-7-10-23-25(17)14-11-22-20(26)15-19-8-12-24(13-9-19)21(27)16-18-5-3-2-4-6-18/h7,10,18-19H,2-6,8-9,11-16H2,1H3,(H,22,26). The van der Waals surface area contributed by atoms with E-state index in [1.807, 2.05) is 22.6 Å². The van der Waals surface area contributed by atoms with E-state index in [2.05, 4.69) is 10.4 Å². The molecule has 1 saturated carbocycles. The fourth-order valence-electron chi connectivity index (χ4n) is 4.42. The molecular weight excluding hydrogens is 340 g/mol. The lowest BCUT2D eigenvalue weighted by molar-refractivity contribution is -0.134. The van der Waals surface area contributed by atoms with Crippen molar-refractivity contribution in [1.29, 1.82) is 0 Å². The van der Waals surface area contributed by atoms with Gasteiger partial charge in [-0.05, 0) is 50.5 Å². The van der Waals surface area contributed by atoms with E-state index in [1.54, 1.807) is 6.20 Å². The van der Waals surface area contributed by atoms with Gasteiger partial charge in [-0.25, -0.2) is 0 Å². The summed E-state index contributed by atoms with van der Waals surface area (Å²) in [5.41, 5.74) is 1.11. The number of hydrogen-bond donors (Lipinski definition) is 1. The molecule has 1 aromatic heterocycles. The molecule has 0 radical (unpaired) electrons. The van der Waals surface area contributed by atoms with Crippen LogP contribution < -0.4 is 5.32 Å². The van der Waals surface area contributed by atoms with E-state index in [0.29, 0.717) is 37.3 Å². The largest absolute Gasteiger partial charge is 0.354 e. The Labute approximate surface area is 162 Å². The van der Waals surface area contributed by atoms with Crippen molar-refractivity contribution in [3.63, 3.8) is 0 Å². The predicted octanol–water partition coefficient (Wildman–Crippen LogP) is 2.91. The van der Waals surface area contributed by atoms with E-state index in [9.17, 15) is 9.59 Å². The molecule has 3 rings (SSSR count). The van der Waals surface area contributed by atoms with Crippen LogP contribution in [-0.2, 0) is 16.1 Å². The van der Waals surface area contributed by atoms with Crippen LogP contribution in [0.25, 0.3) is 0 Å². The third-order valence-electron chi connectivity index (χ3n) is 6.20. The second-order valence-corrected chi connectivity index (χ2v) is 8.28. The molecule has 150 valence electrons. The average Bonchev–Trinajstić information content (AvgIpc) is 3.08. The molecule has 1 aliphatic heterocycles. The summed E-state index contributed by atoms with van der Waals surface area (Å²) in [7, 11) is 0. The normalized spacial score (nSPS) is 19.2. The van der Waals surface area contributed by atoms with Gasteiger partial charge in [-0.15, -0.1) is 0 Å². The van der Waals surface area contributed by atoms with Gasteiger partial charge in [-0.1, -0.05) is 19.3 Å². The lowest BCUT2D eigenvalue weighted by Gasteiger charge is -2.33. The quantitative estimate of drug-likeness (QED) is 0.798. The zero-order valence-corrected chi connectivity index (χ0v) is 16.7. The Hall–Kier alpha value is -1.85. The first kappa shape index (κ1) is 19.9. The summed E-state index contributed by atoms with van der Waals surface area (Å²) in [6.07, 6.45) is 11.3. The van der Waals surface area contributed by atoms with Crippen LogP contribution in [0, 0.1) is 18.8 Å². The van der Waals surface area contributed by atoms with Gasteiger partial charge in [-0.3, -0.25) is 14.3 Å². The third kappa shape index (κ3) is 6.08. The summed E-state index contributed by atoms with van der Waals surface area (Å²) in [6.45, 7) is 4.96. The Morgan fingerprint density at radius 1 is 1.07 bits per heavy atom. The summed E-state index contributed by atoms with van der Waals surface area (Å²) in [5, 5.41) is 7.23. The minimum Gasteiger partial charge on any atom is -0.354 e. The van der Waals surface area contributed by atoms with Crippen LogP contribution in [0.5, 0.6) is 0 Å². The van der Waals surface area contributed by atoms with E-state index < -0.39 is 0 Å². The number of aromatic nitrogens is 2. The molecule has 2 heterocycles. The van der Waals surface area contributed by atoms with Crippen LogP contribution in [0.3, 0.4) is 0 Å². The molecule has 1 aromatic rings. The summed E-state index contributed by atoms with van der Waals surface area (Å²) < 4.78 is 1.90. The van der Waals surface area contributed by atoms with E-state index in [1.165, 1.54) is 32.1 Å². The van der Waals surface area contributed by atoms with Crippen molar-refractivity contribution in [2.75, 3.05) is 19.6 Å². The molecule has 2 amide bonds. The molecule has 6 heteroatoms. The Morgan fingerprint density at radius 3 is 2.44 bits per heavy atom. The molecule has 1 aliphatic carbocycles. The molecule has 0 bridgehead atoms. The second kappa shape index (κ2) is 9.90. The van der Waals surface area contributed by atoms with Gasteiger partial charge in [0.1, 0.15) is 0 Å². The highest BCUT2D eigenvalue weighted by Crippen LogP contribution is 2.28. The van der Waals surface area contributed by atoms with Gasteiger partial charge < -0.3 is 10.2 Å². The highest BCUT2D eigenvalue weighted by atomic mass is 16.2. The topological polar surface area (TPSA) is 67.2 Å². The maximum atomic E-state index is 12.5. The van der Waals surface area contributed by atoms with Crippen molar-refractivity contribution in [2.45, 2.75) is 71.3 Å². The van der Waals surface area contributed by atoms with Gasteiger partial charge >= 0.3 is 0 Å². The zero-order chi connectivity index (χ0) is 19.1.